The van der Waals surface area contributed by atoms with Crippen LogP contribution in [0.15, 0.2) is 48.5 Å². The summed E-state index contributed by atoms with van der Waals surface area (Å²) in [7, 11) is 1.60. The lowest BCUT2D eigenvalue weighted by Gasteiger charge is -2.08. The van der Waals surface area contributed by atoms with Crippen LogP contribution in [0.3, 0.4) is 0 Å². The Balaban J connectivity index is 1.72. The Morgan fingerprint density at radius 3 is 2.77 bits per heavy atom. The zero-order valence-electron chi connectivity index (χ0n) is 13.0. The number of thioether (sulfide) groups is 1. The van der Waals surface area contributed by atoms with E-state index >= 15 is 0 Å². The highest BCUT2D eigenvalue weighted by Gasteiger charge is 2.05. The first kappa shape index (κ1) is 16.4. The molecule has 2 rings (SSSR count). The number of amides is 1. The van der Waals surface area contributed by atoms with E-state index in [4.69, 9.17) is 4.74 Å². The fourth-order valence-electron chi connectivity index (χ4n) is 2.06. The van der Waals surface area contributed by atoms with E-state index in [0.29, 0.717) is 17.9 Å². The van der Waals surface area contributed by atoms with Crippen molar-refractivity contribution in [2.24, 2.45) is 0 Å². The molecule has 22 heavy (non-hydrogen) atoms. The summed E-state index contributed by atoms with van der Waals surface area (Å²) in [5.74, 6) is 2.50. The molecule has 0 bridgehead atoms. The van der Waals surface area contributed by atoms with Gasteiger partial charge in [-0.05, 0) is 36.2 Å². The van der Waals surface area contributed by atoms with Gasteiger partial charge in [0.25, 0.3) is 5.91 Å². The van der Waals surface area contributed by atoms with Crippen molar-refractivity contribution in [1.29, 1.82) is 0 Å². The van der Waals surface area contributed by atoms with Crippen LogP contribution in [-0.4, -0.2) is 25.3 Å². The number of carbonyl (C=O) groups is 1. The number of carbonyl (C=O) groups excluding carboxylic acids is 1. The molecule has 0 radical (unpaired) electrons. The van der Waals surface area contributed by atoms with Crippen LogP contribution < -0.4 is 10.1 Å². The molecule has 0 aliphatic carbocycles. The van der Waals surface area contributed by atoms with Gasteiger partial charge in [-0.25, -0.2) is 0 Å². The van der Waals surface area contributed by atoms with E-state index < -0.39 is 0 Å². The lowest BCUT2D eigenvalue weighted by molar-refractivity contribution is 0.0956. The molecule has 0 aromatic heterocycles. The molecule has 0 unspecified atom stereocenters. The lowest BCUT2D eigenvalue weighted by Crippen LogP contribution is -2.25. The third kappa shape index (κ3) is 4.81. The standard InChI is InChI=1S/C18H21NO2S/c1-14-6-3-4-7-16(14)13-22-11-10-19-18(20)15-8-5-9-17(12-15)21-2/h3-9,12H,10-11,13H2,1-2H3,(H,19,20). The van der Waals surface area contributed by atoms with E-state index in [9.17, 15) is 4.79 Å². The first-order valence-corrected chi connectivity index (χ1v) is 8.40. The van der Waals surface area contributed by atoms with Gasteiger partial charge < -0.3 is 10.1 Å². The van der Waals surface area contributed by atoms with Crippen molar-refractivity contribution in [2.45, 2.75) is 12.7 Å². The normalized spacial score (nSPS) is 10.3. The van der Waals surface area contributed by atoms with Crippen molar-refractivity contribution in [3.8, 4) is 5.75 Å². The molecule has 2 aromatic carbocycles. The van der Waals surface area contributed by atoms with Gasteiger partial charge in [-0.2, -0.15) is 11.8 Å². The summed E-state index contributed by atoms with van der Waals surface area (Å²) in [5.41, 5.74) is 3.30. The molecule has 0 aliphatic heterocycles. The smallest absolute Gasteiger partial charge is 0.251 e. The molecule has 0 saturated carbocycles. The van der Waals surface area contributed by atoms with E-state index in [1.165, 1.54) is 11.1 Å². The second-order valence-electron chi connectivity index (χ2n) is 4.97. The lowest BCUT2D eigenvalue weighted by atomic mass is 10.1. The Labute approximate surface area is 136 Å². The van der Waals surface area contributed by atoms with Crippen molar-refractivity contribution in [3.05, 3.63) is 65.2 Å². The Kier molecular flexibility index (Phi) is 6.34. The maximum Gasteiger partial charge on any atom is 0.251 e. The minimum Gasteiger partial charge on any atom is -0.497 e. The fourth-order valence-corrected chi connectivity index (χ4v) is 2.99. The molecule has 0 aliphatic rings. The molecule has 116 valence electrons. The number of hydrogen-bond donors (Lipinski definition) is 1. The third-order valence-electron chi connectivity index (χ3n) is 3.38. The summed E-state index contributed by atoms with van der Waals surface area (Å²) in [6.07, 6.45) is 0. The summed E-state index contributed by atoms with van der Waals surface area (Å²) >= 11 is 1.83. The average molecular weight is 315 g/mol. The van der Waals surface area contributed by atoms with Crippen LogP contribution >= 0.6 is 11.8 Å². The van der Waals surface area contributed by atoms with Gasteiger partial charge >= 0.3 is 0 Å². The molecule has 0 spiro atoms. The maximum atomic E-state index is 12.0. The number of hydrogen-bond acceptors (Lipinski definition) is 3. The highest BCUT2D eigenvalue weighted by Crippen LogP contribution is 2.15. The average Bonchev–Trinajstić information content (AvgIpc) is 2.56. The van der Waals surface area contributed by atoms with E-state index in [-0.39, 0.29) is 5.91 Å². The van der Waals surface area contributed by atoms with Gasteiger partial charge in [0, 0.05) is 23.6 Å². The van der Waals surface area contributed by atoms with E-state index in [1.807, 2.05) is 23.9 Å². The van der Waals surface area contributed by atoms with Crippen molar-refractivity contribution < 1.29 is 9.53 Å². The van der Waals surface area contributed by atoms with E-state index in [0.717, 1.165) is 11.5 Å². The Bertz CT molecular complexity index is 628. The molecular weight excluding hydrogens is 294 g/mol. The van der Waals surface area contributed by atoms with Crippen LogP contribution in [0.4, 0.5) is 0 Å². The number of rotatable bonds is 7. The van der Waals surface area contributed by atoms with Gasteiger partial charge in [0.1, 0.15) is 5.75 Å². The molecule has 1 amide bonds. The number of aryl methyl sites for hydroxylation is 1. The number of nitrogens with one attached hydrogen (secondary N) is 1. The van der Waals surface area contributed by atoms with Crippen LogP contribution in [0, 0.1) is 6.92 Å². The predicted molar refractivity (Wildman–Crippen MR) is 92.7 cm³/mol. The number of ether oxygens (including phenoxy) is 1. The molecule has 2 aromatic rings. The van der Waals surface area contributed by atoms with Crippen molar-refractivity contribution in [1.82, 2.24) is 5.32 Å². The second kappa shape index (κ2) is 8.49. The Morgan fingerprint density at radius 2 is 2.00 bits per heavy atom. The van der Waals surface area contributed by atoms with Crippen LogP contribution in [-0.2, 0) is 5.75 Å². The molecule has 0 atom stereocenters. The van der Waals surface area contributed by atoms with Crippen LogP contribution in [0.25, 0.3) is 0 Å². The quantitative estimate of drug-likeness (QED) is 0.792. The highest BCUT2D eigenvalue weighted by molar-refractivity contribution is 7.98. The molecule has 0 fully saturated rings. The molecule has 3 nitrogen and oxygen atoms in total. The monoisotopic (exact) mass is 315 g/mol. The van der Waals surface area contributed by atoms with Crippen LogP contribution in [0.1, 0.15) is 21.5 Å². The van der Waals surface area contributed by atoms with Gasteiger partial charge in [0.05, 0.1) is 7.11 Å². The molecule has 4 heteroatoms. The first-order valence-electron chi connectivity index (χ1n) is 7.25. The van der Waals surface area contributed by atoms with Crippen molar-refractivity contribution >= 4 is 17.7 Å². The van der Waals surface area contributed by atoms with Crippen molar-refractivity contribution in [3.63, 3.8) is 0 Å². The molecule has 0 saturated heterocycles. The zero-order valence-corrected chi connectivity index (χ0v) is 13.8. The fraction of sp³-hybridized carbons (Fsp3) is 0.278. The third-order valence-corrected chi connectivity index (χ3v) is 4.39. The molecule has 0 heterocycles. The number of methoxy groups -OCH3 is 1. The summed E-state index contributed by atoms with van der Waals surface area (Å²) in [6.45, 7) is 2.78. The van der Waals surface area contributed by atoms with E-state index in [1.54, 1.807) is 19.2 Å². The maximum absolute atomic E-state index is 12.0. The van der Waals surface area contributed by atoms with Gasteiger partial charge in [-0.3, -0.25) is 4.79 Å². The Morgan fingerprint density at radius 1 is 1.18 bits per heavy atom. The Hall–Kier alpha value is -1.94. The number of benzene rings is 2. The first-order chi connectivity index (χ1) is 10.7. The van der Waals surface area contributed by atoms with Crippen molar-refractivity contribution in [2.75, 3.05) is 19.4 Å². The minimum atomic E-state index is -0.0598. The van der Waals surface area contributed by atoms with Gasteiger partial charge in [0.15, 0.2) is 0 Å². The summed E-state index contributed by atoms with van der Waals surface area (Å²) in [4.78, 5) is 12.0. The largest absolute Gasteiger partial charge is 0.497 e. The summed E-state index contributed by atoms with van der Waals surface area (Å²) in [5, 5.41) is 2.94. The van der Waals surface area contributed by atoms with Gasteiger partial charge in [-0.1, -0.05) is 30.3 Å². The minimum absolute atomic E-state index is 0.0598. The van der Waals surface area contributed by atoms with Gasteiger partial charge in [-0.15, -0.1) is 0 Å². The highest BCUT2D eigenvalue weighted by atomic mass is 32.2. The van der Waals surface area contributed by atoms with Crippen LogP contribution in [0.5, 0.6) is 5.75 Å². The SMILES string of the molecule is COc1cccc(C(=O)NCCSCc2ccccc2C)c1. The van der Waals surface area contributed by atoms with E-state index in [2.05, 4.69) is 36.5 Å². The predicted octanol–water partition coefficient (Wildman–Crippen LogP) is 3.67. The summed E-state index contributed by atoms with van der Waals surface area (Å²) in [6, 6.07) is 15.6. The van der Waals surface area contributed by atoms with Crippen LogP contribution in [0.2, 0.25) is 0 Å². The van der Waals surface area contributed by atoms with Gasteiger partial charge in [0.2, 0.25) is 0 Å². The zero-order chi connectivity index (χ0) is 15.8. The topological polar surface area (TPSA) is 38.3 Å². The molecular formula is C18H21NO2S. The second-order valence-corrected chi connectivity index (χ2v) is 6.07. The molecule has 1 N–H and O–H groups in total. The summed E-state index contributed by atoms with van der Waals surface area (Å²) < 4.78 is 5.12.